The first-order chi connectivity index (χ1) is 10.1. The summed E-state index contributed by atoms with van der Waals surface area (Å²) in [5, 5.41) is 0.981. The number of halogens is 2. The van der Waals surface area contributed by atoms with Gasteiger partial charge in [0.05, 0.1) is 10.6 Å². The van der Waals surface area contributed by atoms with Gasteiger partial charge in [0.25, 0.3) is 5.91 Å². The Morgan fingerprint density at radius 2 is 1.86 bits per heavy atom. The fourth-order valence-electron chi connectivity index (χ4n) is 2.77. The van der Waals surface area contributed by atoms with Crippen molar-refractivity contribution in [1.29, 1.82) is 0 Å². The molecule has 1 amide bonds. The minimum absolute atomic E-state index is 0.0408. The number of likely N-dealkylation sites (tertiary alicyclic amines) is 1. The number of hydrogen-bond donors (Lipinski definition) is 0. The minimum atomic E-state index is -0.0408. The summed E-state index contributed by atoms with van der Waals surface area (Å²) in [6.45, 7) is 1.48. The average molecular weight is 320 g/mol. The Hall–Kier alpha value is -1.51. The molecule has 0 saturated carbocycles. The van der Waals surface area contributed by atoms with Crippen molar-refractivity contribution in [3.8, 4) is 0 Å². The van der Waals surface area contributed by atoms with Gasteiger partial charge in [-0.2, -0.15) is 0 Å². The fourth-order valence-corrected chi connectivity index (χ4v) is 3.14. The van der Waals surface area contributed by atoms with Gasteiger partial charge in [0.2, 0.25) is 0 Å². The lowest BCUT2D eigenvalue weighted by molar-refractivity contribution is 0.0791. The summed E-state index contributed by atoms with van der Waals surface area (Å²) < 4.78 is 0. The van der Waals surface area contributed by atoms with E-state index in [2.05, 4.69) is 12.1 Å². The second-order valence-electron chi connectivity index (χ2n) is 5.27. The summed E-state index contributed by atoms with van der Waals surface area (Å²) >= 11 is 12.1. The molecule has 21 heavy (non-hydrogen) atoms. The van der Waals surface area contributed by atoms with Crippen LogP contribution in [0, 0.1) is 0 Å². The SMILES string of the molecule is O=C(c1cc(Cl)ccc1Cl)N1CC[C@H](c2ccccc2)C1. The van der Waals surface area contributed by atoms with E-state index in [1.807, 2.05) is 23.1 Å². The van der Waals surface area contributed by atoms with Gasteiger partial charge >= 0.3 is 0 Å². The zero-order valence-electron chi connectivity index (χ0n) is 11.4. The van der Waals surface area contributed by atoms with Gasteiger partial charge in [-0.05, 0) is 30.2 Å². The van der Waals surface area contributed by atoms with E-state index in [0.29, 0.717) is 21.5 Å². The van der Waals surface area contributed by atoms with Crippen molar-refractivity contribution in [1.82, 2.24) is 4.90 Å². The predicted octanol–water partition coefficient (Wildman–Crippen LogP) is 4.62. The van der Waals surface area contributed by atoms with Crippen molar-refractivity contribution in [2.75, 3.05) is 13.1 Å². The van der Waals surface area contributed by atoms with E-state index in [0.717, 1.165) is 19.5 Å². The number of nitrogens with zero attached hydrogens (tertiary/aromatic N) is 1. The molecule has 0 unspecified atom stereocenters. The monoisotopic (exact) mass is 319 g/mol. The molecule has 0 spiro atoms. The molecule has 1 aliphatic rings. The first-order valence-corrected chi connectivity index (χ1v) is 7.70. The summed E-state index contributed by atoms with van der Waals surface area (Å²) in [5.41, 5.74) is 1.77. The number of benzene rings is 2. The maximum absolute atomic E-state index is 12.6. The first-order valence-electron chi connectivity index (χ1n) is 6.94. The third-order valence-electron chi connectivity index (χ3n) is 3.91. The highest BCUT2D eigenvalue weighted by molar-refractivity contribution is 6.35. The standard InChI is InChI=1S/C17H15Cl2NO/c18-14-6-7-16(19)15(10-14)17(21)20-9-8-13(11-20)12-4-2-1-3-5-12/h1-7,10,13H,8-9,11H2/t13-/m0/s1. The van der Waals surface area contributed by atoms with Crippen LogP contribution in [0.5, 0.6) is 0 Å². The lowest BCUT2D eigenvalue weighted by atomic mass is 9.99. The molecule has 2 aromatic carbocycles. The largest absolute Gasteiger partial charge is 0.338 e. The summed E-state index contributed by atoms with van der Waals surface area (Å²) in [5.74, 6) is 0.356. The number of amides is 1. The Labute approximate surface area is 134 Å². The second kappa shape index (κ2) is 6.08. The molecular weight excluding hydrogens is 305 g/mol. The molecule has 0 aromatic heterocycles. The van der Waals surface area contributed by atoms with Crippen LogP contribution in [0.15, 0.2) is 48.5 Å². The van der Waals surface area contributed by atoms with Crippen molar-refractivity contribution >= 4 is 29.1 Å². The van der Waals surface area contributed by atoms with Gasteiger partial charge in [0.1, 0.15) is 0 Å². The van der Waals surface area contributed by atoms with Crippen LogP contribution < -0.4 is 0 Å². The van der Waals surface area contributed by atoms with E-state index in [1.54, 1.807) is 18.2 Å². The Balaban J connectivity index is 1.77. The number of rotatable bonds is 2. The van der Waals surface area contributed by atoms with Gasteiger partial charge in [-0.25, -0.2) is 0 Å². The van der Waals surface area contributed by atoms with Gasteiger partial charge in [0, 0.05) is 24.0 Å². The Kier molecular flexibility index (Phi) is 4.18. The van der Waals surface area contributed by atoms with Crippen LogP contribution >= 0.6 is 23.2 Å². The van der Waals surface area contributed by atoms with Gasteiger partial charge in [0.15, 0.2) is 0 Å². The van der Waals surface area contributed by atoms with Crippen LogP contribution in [0.2, 0.25) is 10.0 Å². The fraction of sp³-hybridized carbons (Fsp3) is 0.235. The molecule has 1 atom stereocenters. The van der Waals surface area contributed by atoms with Crippen LogP contribution in [0.4, 0.5) is 0 Å². The summed E-state index contributed by atoms with van der Waals surface area (Å²) in [6, 6.07) is 15.3. The molecule has 0 bridgehead atoms. The van der Waals surface area contributed by atoms with Crippen molar-refractivity contribution in [2.45, 2.75) is 12.3 Å². The third-order valence-corrected chi connectivity index (χ3v) is 4.47. The van der Waals surface area contributed by atoms with Gasteiger partial charge in [-0.1, -0.05) is 53.5 Å². The van der Waals surface area contributed by atoms with Gasteiger partial charge in [-0.15, -0.1) is 0 Å². The molecule has 0 radical (unpaired) electrons. The lowest BCUT2D eigenvalue weighted by Gasteiger charge is -2.17. The van der Waals surface area contributed by atoms with E-state index >= 15 is 0 Å². The highest BCUT2D eigenvalue weighted by Crippen LogP contribution is 2.29. The maximum Gasteiger partial charge on any atom is 0.255 e. The predicted molar refractivity (Wildman–Crippen MR) is 86.2 cm³/mol. The quantitative estimate of drug-likeness (QED) is 0.790. The molecule has 1 aliphatic heterocycles. The van der Waals surface area contributed by atoms with Crippen molar-refractivity contribution in [2.24, 2.45) is 0 Å². The van der Waals surface area contributed by atoms with Crippen LogP contribution in [0.3, 0.4) is 0 Å². The van der Waals surface area contributed by atoms with Gasteiger partial charge < -0.3 is 4.90 Å². The van der Waals surface area contributed by atoms with E-state index in [1.165, 1.54) is 5.56 Å². The molecule has 2 nitrogen and oxygen atoms in total. The zero-order chi connectivity index (χ0) is 14.8. The highest BCUT2D eigenvalue weighted by Gasteiger charge is 2.28. The first kappa shape index (κ1) is 14.4. The van der Waals surface area contributed by atoms with Crippen LogP contribution in [0.25, 0.3) is 0 Å². The lowest BCUT2D eigenvalue weighted by Crippen LogP contribution is -2.28. The van der Waals surface area contributed by atoms with E-state index in [4.69, 9.17) is 23.2 Å². The molecule has 0 N–H and O–H groups in total. The topological polar surface area (TPSA) is 20.3 Å². The second-order valence-corrected chi connectivity index (χ2v) is 6.12. The molecule has 1 saturated heterocycles. The van der Waals surface area contributed by atoms with E-state index in [9.17, 15) is 4.79 Å². The van der Waals surface area contributed by atoms with E-state index in [-0.39, 0.29) is 5.91 Å². The normalized spacial score (nSPS) is 18.0. The molecular formula is C17H15Cl2NO. The Morgan fingerprint density at radius 3 is 2.62 bits per heavy atom. The molecule has 108 valence electrons. The molecule has 1 heterocycles. The Morgan fingerprint density at radius 1 is 1.10 bits per heavy atom. The highest BCUT2D eigenvalue weighted by atomic mass is 35.5. The van der Waals surface area contributed by atoms with Crippen LogP contribution in [-0.4, -0.2) is 23.9 Å². The maximum atomic E-state index is 12.6. The zero-order valence-corrected chi connectivity index (χ0v) is 12.9. The van der Waals surface area contributed by atoms with Gasteiger partial charge in [-0.3, -0.25) is 4.79 Å². The molecule has 0 aliphatic carbocycles. The summed E-state index contributed by atoms with van der Waals surface area (Å²) in [7, 11) is 0. The average Bonchev–Trinajstić information content (AvgIpc) is 3.00. The molecule has 4 heteroatoms. The van der Waals surface area contributed by atoms with Crippen molar-refractivity contribution in [3.63, 3.8) is 0 Å². The van der Waals surface area contributed by atoms with Crippen molar-refractivity contribution in [3.05, 3.63) is 69.7 Å². The van der Waals surface area contributed by atoms with E-state index < -0.39 is 0 Å². The van der Waals surface area contributed by atoms with Crippen molar-refractivity contribution < 1.29 is 4.79 Å². The summed E-state index contributed by atoms with van der Waals surface area (Å²) in [4.78, 5) is 14.4. The number of hydrogen-bond acceptors (Lipinski definition) is 1. The minimum Gasteiger partial charge on any atom is -0.338 e. The number of carbonyl (C=O) groups excluding carboxylic acids is 1. The smallest absolute Gasteiger partial charge is 0.255 e. The summed E-state index contributed by atoms with van der Waals surface area (Å²) in [6.07, 6.45) is 0.980. The van der Waals surface area contributed by atoms with Crippen LogP contribution in [0.1, 0.15) is 28.3 Å². The Bertz CT molecular complexity index is 657. The molecule has 1 fully saturated rings. The third kappa shape index (κ3) is 3.07. The van der Waals surface area contributed by atoms with Crippen LogP contribution in [-0.2, 0) is 0 Å². The number of carbonyl (C=O) groups is 1. The molecule has 2 aromatic rings. The molecule has 3 rings (SSSR count).